The zero-order chi connectivity index (χ0) is 21.2. The normalized spacial score (nSPS) is 21.4. The Bertz CT molecular complexity index is 944. The summed E-state index contributed by atoms with van der Waals surface area (Å²) in [5, 5.41) is 0. The predicted molar refractivity (Wildman–Crippen MR) is 111 cm³/mol. The van der Waals surface area contributed by atoms with E-state index in [9.17, 15) is 13.6 Å². The number of piperidine rings is 1. The van der Waals surface area contributed by atoms with Gasteiger partial charge in [-0.3, -0.25) is 4.79 Å². The van der Waals surface area contributed by atoms with Gasteiger partial charge in [-0.2, -0.15) is 0 Å². The van der Waals surface area contributed by atoms with E-state index in [2.05, 4.69) is 0 Å². The van der Waals surface area contributed by atoms with Crippen LogP contribution < -0.4 is 4.74 Å². The molecule has 0 radical (unpaired) electrons. The van der Waals surface area contributed by atoms with Gasteiger partial charge in [0.05, 0.1) is 13.7 Å². The van der Waals surface area contributed by atoms with E-state index in [0.29, 0.717) is 32.5 Å². The molecule has 2 aliphatic heterocycles. The smallest absolute Gasteiger partial charge is 0.255 e. The number of benzene rings is 2. The van der Waals surface area contributed by atoms with Gasteiger partial charge in [-0.15, -0.1) is 4.31 Å². The Labute approximate surface area is 178 Å². The number of hydrogen-bond acceptors (Lipinski definition) is 5. The standard InChI is InChI=1S/C22H26N2O5S/c1-28-19-7-5-6-18(16-19)17-23-14-15-29-22(21(23)25)10-12-24(13-11-22)30(26,27)20-8-3-2-4-9-20/h2-9,16H,10-15,17H2,1H3. The second-order valence-electron chi connectivity index (χ2n) is 7.64. The van der Waals surface area contributed by atoms with Gasteiger partial charge < -0.3 is 18.9 Å². The lowest BCUT2D eigenvalue weighted by molar-refractivity contribution is -0.179. The highest BCUT2D eigenvalue weighted by Gasteiger charge is 2.50. The minimum Gasteiger partial charge on any atom is -0.593 e. The molecular weight excluding hydrogens is 404 g/mol. The Morgan fingerprint density at radius 1 is 1.10 bits per heavy atom. The lowest BCUT2D eigenvalue weighted by atomic mass is 9.89. The number of ether oxygens (including phenoxy) is 2. The maximum Gasteiger partial charge on any atom is 0.255 e. The van der Waals surface area contributed by atoms with Crippen LogP contribution in [0.15, 0.2) is 59.5 Å². The molecule has 1 spiro atoms. The van der Waals surface area contributed by atoms with Crippen LogP contribution in [0.4, 0.5) is 0 Å². The summed E-state index contributed by atoms with van der Waals surface area (Å²) in [5.41, 5.74) is 0.0450. The second kappa shape index (κ2) is 8.47. The molecule has 2 aromatic carbocycles. The molecule has 1 amide bonds. The molecule has 2 aromatic rings. The summed E-state index contributed by atoms with van der Waals surface area (Å²) in [7, 11) is -1.95. The Morgan fingerprint density at radius 3 is 2.53 bits per heavy atom. The van der Waals surface area contributed by atoms with E-state index < -0.39 is 16.0 Å². The number of carbonyl (C=O) groups excluding carboxylic acids is 1. The van der Waals surface area contributed by atoms with Crippen LogP contribution in [0.1, 0.15) is 18.4 Å². The van der Waals surface area contributed by atoms with E-state index in [1.807, 2.05) is 24.3 Å². The van der Waals surface area contributed by atoms with Gasteiger partial charge in [0, 0.05) is 39.0 Å². The number of hydrogen-bond donors (Lipinski definition) is 0. The van der Waals surface area contributed by atoms with Crippen LogP contribution in [0.5, 0.6) is 5.75 Å². The number of rotatable bonds is 5. The summed E-state index contributed by atoms with van der Waals surface area (Å²) in [5.74, 6) is 0.690. The van der Waals surface area contributed by atoms with Gasteiger partial charge in [-0.1, -0.05) is 34.5 Å². The number of carbonyl (C=O) groups is 1. The van der Waals surface area contributed by atoms with Gasteiger partial charge in [0.2, 0.25) is 0 Å². The Morgan fingerprint density at radius 2 is 1.83 bits per heavy atom. The van der Waals surface area contributed by atoms with Gasteiger partial charge in [-0.05, 0) is 29.8 Å². The lowest BCUT2D eigenvalue weighted by Gasteiger charge is -2.45. The number of methoxy groups -OCH3 is 1. The highest BCUT2D eigenvalue weighted by molar-refractivity contribution is 7.95. The summed E-state index contributed by atoms with van der Waals surface area (Å²) < 4.78 is 38.4. The van der Waals surface area contributed by atoms with Gasteiger partial charge in [0.25, 0.3) is 5.91 Å². The molecule has 0 aliphatic carbocycles. The van der Waals surface area contributed by atoms with E-state index in [0.717, 1.165) is 11.3 Å². The molecule has 160 valence electrons. The average molecular weight is 431 g/mol. The monoisotopic (exact) mass is 430 g/mol. The molecule has 7 nitrogen and oxygen atoms in total. The van der Waals surface area contributed by atoms with E-state index in [1.54, 1.807) is 42.3 Å². The maximum atomic E-state index is 13.3. The molecule has 0 bridgehead atoms. The largest absolute Gasteiger partial charge is 0.593 e. The number of sulfonamides is 1. The molecule has 2 saturated heterocycles. The van der Waals surface area contributed by atoms with Gasteiger partial charge in [0.15, 0.2) is 15.3 Å². The lowest BCUT2D eigenvalue weighted by Crippen LogP contribution is -2.61. The fraction of sp³-hybridized carbons (Fsp3) is 0.409. The highest BCUT2D eigenvalue weighted by Crippen LogP contribution is 2.35. The molecule has 1 unspecified atom stereocenters. The molecule has 2 fully saturated rings. The fourth-order valence-electron chi connectivity index (χ4n) is 4.13. The molecular formula is C22H26N2O5S. The topological polar surface area (TPSA) is 82.1 Å². The van der Waals surface area contributed by atoms with Crippen molar-refractivity contribution in [3.63, 3.8) is 0 Å². The van der Waals surface area contributed by atoms with Crippen LogP contribution in [0, 0.1) is 0 Å². The third-order valence-electron chi connectivity index (χ3n) is 5.84. The minimum atomic E-state index is -3.57. The molecule has 0 aromatic heterocycles. The first-order valence-corrected chi connectivity index (χ1v) is 11.5. The molecule has 2 aliphatic rings. The number of morpholine rings is 1. The first-order chi connectivity index (χ1) is 14.4. The van der Waals surface area contributed by atoms with Crippen molar-refractivity contribution in [1.82, 2.24) is 9.21 Å². The first kappa shape index (κ1) is 21.0. The van der Waals surface area contributed by atoms with E-state index in [4.69, 9.17) is 9.47 Å². The fourth-order valence-corrected chi connectivity index (χ4v) is 5.59. The Balaban J connectivity index is 1.45. The van der Waals surface area contributed by atoms with Gasteiger partial charge in [0.1, 0.15) is 11.4 Å². The zero-order valence-corrected chi connectivity index (χ0v) is 17.8. The van der Waals surface area contributed by atoms with Crippen molar-refractivity contribution in [2.45, 2.75) is 29.9 Å². The van der Waals surface area contributed by atoms with Crippen LogP contribution in [0.2, 0.25) is 0 Å². The highest BCUT2D eigenvalue weighted by atomic mass is 32.3. The first-order valence-electron chi connectivity index (χ1n) is 10.1. The van der Waals surface area contributed by atoms with Crippen LogP contribution in [0.3, 0.4) is 0 Å². The molecule has 1 atom stereocenters. The van der Waals surface area contributed by atoms with Gasteiger partial charge in [-0.25, -0.2) is 0 Å². The summed E-state index contributed by atoms with van der Waals surface area (Å²) in [6.45, 7) is 1.96. The molecule has 4 rings (SSSR count). The van der Waals surface area contributed by atoms with Crippen LogP contribution >= 0.6 is 0 Å². The molecule has 0 N–H and O–H groups in total. The van der Waals surface area contributed by atoms with Gasteiger partial charge >= 0.3 is 0 Å². The minimum absolute atomic E-state index is 0.0617. The number of nitrogens with zero attached hydrogens (tertiary/aromatic N) is 2. The van der Waals surface area contributed by atoms with Crippen LogP contribution in [-0.4, -0.2) is 58.6 Å². The van der Waals surface area contributed by atoms with Crippen molar-refractivity contribution in [1.29, 1.82) is 0 Å². The van der Waals surface area contributed by atoms with Crippen molar-refractivity contribution in [2.75, 3.05) is 33.4 Å². The molecule has 2 heterocycles. The summed E-state index contributed by atoms with van der Waals surface area (Å²) in [6, 6.07) is 16.1. The van der Waals surface area contributed by atoms with E-state index >= 15 is 0 Å². The summed E-state index contributed by atoms with van der Waals surface area (Å²) in [6.07, 6.45) is 0.707. The maximum absolute atomic E-state index is 13.3. The number of amides is 1. The van der Waals surface area contributed by atoms with Crippen molar-refractivity contribution in [3.8, 4) is 5.75 Å². The van der Waals surface area contributed by atoms with Crippen molar-refractivity contribution < 1.29 is 23.0 Å². The van der Waals surface area contributed by atoms with Crippen molar-refractivity contribution >= 4 is 16.3 Å². The van der Waals surface area contributed by atoms with Crippen molar-refractivity contribution in [3.05, 3.63) is 60.2 Å². The van der Waals surface area contributed by atoms with E-state index in [1.165, 1.54) is 4.31 Å². The van der Waals surface area contributed by atoms with Crippen LogP contribution in [-0.2, 0) is 30.7 Å². The second-order valence-corrected chi connectivity index (χ2v) is 9.58. The van der Waals surface area contributed by atoms with Crippen molar-refractivity contribution in [2.24, 2.45) is 0 Å². The third kappa shape index (κ3) is 4.00. The third-order valence-corrected chi connectivity index (χ3v) is 7.75. The predicted octanol–water partition coefficient (Wildman–Crippen LogP) is 2.49. The Kier molecular flexibility index (Phi) is 5.92. The molecule has 8 heteroatoms. The Hall–Kier alpha value is -2.26. The van der Waals surface area contributed by atoms with Crippen LogP contribution in [0.25, 0.3) is 0 Å². The molecule has 30 heavy (non-hydrogen) atoms. The zero-order valence-electron chi connectivity index (χ0n) is 17.0. The van der Waals surface area contributed by atoms with E-state index in [-0.39, 0.29) is 23.9 Å². The SMILES string of the molecule is COc1cccc(CN2CCOC3(CCN([S+](=O)([O-])c4ccccc4)CC3)C2=O)c1. The summed E-state index contributed by atoms with van der Waals surface area (Å²) in [4.78, 5) is 15.4. The quantitative estimate of drug-likeness (QED) is 0.681. The summed E-state index contributed by atoms with van der Waals surface area (Å²) >= 11 is 0. The average Bonchev–Trinajstić information content (AvgIpc) is 2.78. The molecule has 0 saturated carbocycles.